The number of aryl methyl sites for hydroxylation is 1. The quantitative estimate of drug-likeness (QED) is 0.505. The predicted octanol–water partition coefficient (Wildman–Crippen LogP) is 3.46. The monoisotopic (exact) mass is 436 g/mol. The molecule has 2 heterocycles. The summed E-state index contributed by atoms with van der Waals surface area (Å²) in [4.78, 5) is 41.3. The summed E-state index contributed by atoms with van der Waals surface area (Å²) in [7, 11) is 0. The topological polar surface area (TPSA) is 103 Å². The molecular formula is C23H21ClN4O3. The molecule has 1 aliphatic carbocycles. The van der Waals surface area contributed by atoms with Crippen molar-refractivity contribution in [3.8, 4) is 0 Å². The number of halogens is 1. The third-order valence-corrected chi connectivity index (χ3v) is 6.18. The number of hydrogen-bond donors (Lipinski definition) is 4. The molecule has 0 bridgehead atoms. The third-order valence-electron chi connectivity index (χ3n) is 5.95. The molecule has 3 amide bonds. The maximum atomic E-state index is 12.8. The Bertz CT molecular complexity index is 1220. The van der Waals surface area contributed by atoms with Crippen molar-refractivity contribution >= 4 is 45.9 Å². The molecule has 1 aromatic heterocycles. The highest BCUT2D eigenvalue weighted by atomic mass is 35.5. The molecule has 1 aliphatic heterocycles. The van der Waals surface area contributed by atoms with Gasteiger partial charge in [-0.1, -0.05) is 23.7 Å². The maximum absolute atomic E-state index is 12.8. The highest BCUT2D eigenvalue weighted by Crippen LogP contribution is 2.35. The minimum Gasteiger partial charge on any atom is -0.356 e. The van der Waals surface area contributed by atoms with Crippen LogP contribution >= 0.6 is 11.6 Å². The van der Waals surface area contributed by atoms with Crippen molar-refractivity contribution in [3.05, 3.63) is 64.3 Å². The van der Waals surface area contributed by atoms with Crippen molar-refractivity contribution in [2.75, 3.05) is 5.32 Å². The number of aromatic nitrogens is 1. The fourth-order valence-electron chi connectivity index (χ4n) is 4.47. The minimum absolute atomic E-state index is 0.135. The van der Waals surface area contributed by atoms with Crippen molar-refractivity contribution < 1.29 is 14.4 Å². The fourth-order valence-corrected chi connectivity index (χ4v) is 4.65. The van der Waals surface area contributed by atoms with Gasteiger partial charge in [-0.3, -0.25) is 14.4 Å². The summed E-state index contributed by atoms with van der Waals surface area (Å²) in [6.07, 6.45) is 2.52. The van der Waals surface area contributed by atoms with Gasteiger partial charge in [-0.15, -0.1) is 0 Å². The number of anilines is 1. The number of rotatable bonds is 3. The van der Waals surface area contributed by atoms with Gasteiger partial charge >= 0.3 is 0 Å². The lowest BCUT2D eigenvalue weighted by Crippen LogP contribution is -2.45. The van der Waals surface area contributed by atoms with E-state index in [-0.39, 0.29) is 24.3 Å². The van der Waals surface area contributed by atoms with Gasteiger partial charge in [-0.05, 0) is 55.2 Å². The van der Waals surface area contributed by atoms with Crippen molar-refractivity contribution in [1.82, 2.24) is 15.6 Å². The van der Waals surface area contributed by atoms with Crippen LogP contribution in [0.4, 0.5) is 5.69 Å². The van der Waals surface area contributed by atoms with E-state index in [1.54, 1.807) is 24.3 Å². The summed E-state index contributed by atoms with van der Waals surface area (Å²) in [5.74, 6) is -1.07. The van der Waals surface area contributed by atoms with Crippen molar-refractivity contribution in [3.63, 3.8) is 0 Å². The number of carbonyl (C=O) groups excluding carboxylic acids is 3. The largest absolute Gasteiger partial charge is 0.356 e. The van der Waals surface area contributed by atoms with E-state index in [2.05, 4.69) is 20.9 Å². The molecule has 2 aromatic carbocycles. The van der Waals surface area contributed by atoms with Crippen LogP contribution in [0, 0.1) is 0 Å². The van der Waals surface area contributed by atoms with Crippen LogP contribution in [-0.4, -0.2) is 28.7 Å². The number of aromatic amines is 1. The zero-order valence-corrected chi connectivity index (χ0v) is 17.4. The molecule has 2 aliphatic rings. The van der Waals surface area contributed by atoms with Crippen molar-refractivity contribution in [2.45, 2.75) is 37.8 Å². The number of carbonyl (C=O) groups is 3. The normalized spacial score (nSPS) is 20.3. The molecule has 4 N–H and O–H groups in total. The molecule has 0 saturated heterocycles. The van der Waals surface area contributed by atoms with Crippen LogP contribution < -0.4 is 16.0 Å². The molecule has 3 aromatic rings. The van der Waals surface area contributed by atoms with Gasteiger partial charge in [0, 0.05) is 21.6 Å². The first-order valence-corrected chi connectivity index (χ1v) is 10.7. The molecule has 0 fully saturated rings. The molecule has 7 nitrogen and oxygen atoms in total. The molecule has 0 spiro atoms. The number of amides is 3. The zero-order chi connectivity index (χ0) is 21.5. The summed E-state index contributed by atoms with van der Waals surface area (Å²) >= 11 is 6.16. The van der Waals surface area contributed by atoms with Crippen LogP contribution in [0.25, 0.3) is 10.9 Å². The van der Waals surface area contributed by atoms with Gasteiger partial charge in [-0.2, -0.15) is 0 Å². The number of H-pyrrole nitrogens is 1. The molecule has 158 valence electrons. The molecule has 8 heteroatoms. The van der Waals surface area contributed by atoms with Gasteiger partial charge < -0.3 is 20.9 Å². The molecule has 31 heavy (non-hydrogen) atoms. The van der Waals surface area contributed by atoms with Crippen LogP contribution in [0.5, 0.6) is 0 Å². The summed E-state index contributed by atoms with van der Waals surface area (Å²) in [5.41, 5.74) is 3.97. The predicted molar refractivity (Wildman–Crippen MR) is 118 cm³/mol. The summed E-state index contributed by atoms with van der Waals surface area (Å²) in [5, 5.41) is 10.2. The lowest BCUT2D eigenvalue weighted by atomic mass is 9.91. The fraction of sp³-hybridized carbons (Fsp3) is 0.261. The standard InChI is InChI=1S/C23H21ClN4O3/c24-12-8-9-17-15(10-12)13-5-3-7-18(21(13)26-17)25-20(29)11-19-23(31)27-16-6-2-1-4-14(16)22(30)28-19/h1-2,4,6,8-10,18-19,26H,3,5,7,11H2,(H,25,29)(H,27,31)(H,28,30)/t18-,19-/m0/s1. The van der Waals surface area contributed by atoms with Crippen molar-refractivity contribution in [1.29, 1.82) is 0 Å². The number of nitrogens with one attached hydrogen (secondary N) is 4. The van der Waals surface area contributed by atoms with E-state index in [0.717, 1.165) is 35.9 Å². The first-order chi connectivity index (χ1) is 15.0. The SMILES string of the molecule is O=C(C[C@@H]1NC(=O)c2ccccc2NC1=O)N[C@H]1CCCc2c1[nH]c1ccc(Cl)cc21. The molecule has 2 atom stereocenters. The van der Waals surface area contributed by atoms with E-state index >= 15 is 0 Å². The molecule has 0 unspecified atom stereocenters. The Morgan fingerprint density at radius 2 is 2.00 bits per heavy atom. The van der Waals surface area contributed by atoms with Crippen LogP contribution in [0.15, 0.2) is 42.5 Å². The smallest absolute Gasteiger partial charge is 0.254 e. The Labute approximate surface area is 183 Å². The number of benzene rings is 2. The number of fused-ring (bicyclic) bond motifs is 4. The van der Waals surface area contributed by atoms with Crippen LogP contribution in [0.1, 0.15) is 46.9 Å². The second kappa shape index (κ2) is 7.74. The maximum Gasteiger partial charge on any atom is 0.254 e. The Morgan fingerprint density at radius 3 is 2.87 bits per heavy atom. The lowest BCUT2D eigenvalue weighted by molar-refractivity contribution is -0.126. The second-order valence-corrected chi connectivity index (χ2v) is 8.42. The van der Waals surface area contributed by atoms with Crippen LogP contribution in [0.3, 0.4) is 0 Å². The van der Waals surface area contributed by atoms with E-state index < -0.39 is 11.9 Å². The average molecular weight is 437 g/mol. The van der Waals surface area contributed by atoms with Crippen LogP contribution in [-0.2, 0) is 16.0 Å². The highest BCUT2D eigenvalue weighted by Gasteiger charge is 2.31. The molecular weight excluding hydrogens is 416 g/mol. The summed E-state index contributed by atoms with van der Waals surface area (Å²) < 4.78 is 0. The Hall–Kier alpha value is -3.32. The Kier molecular flexibility index (Phi) is 4.90. The van der Waals surface area contributed by atoms with Gasteiger partial charge in [0.15, 0.2) is 0 Å². The van der Waals surface area contributed by atoms with Gasteiger partial charge in [0.05, 0.1) is 23.7 Å². The third kappa shape index (κ3) is 3.65. The van der Waals surface area contributed by atoms with Gasteiger partial charge in [-0.25, -0.2) is 0 Å². The van der Waals surface area contributed by atoms with E-state index in [4.69, 9.17) is 11.6 Å². The van der Waals surface area contributed by atoms with E-state index in [1.807, 2.05) is 18.2 Å². The Morgan fingerprint density at radius 1 is 1.16 bits per heavy atom. The molecule has 0 radical (unpaired) electrons. The highest BCUT2D eigenvalue weighted by molar-refractivity contribution is 6.31. The molecule has 0 saturated carbocycles. The van der Waals surface area contributed by atoms with Gasteiger partial charge in [0.2, 0.25) is 11.8 Å². The first-order valence-electron chi connectivity index (χ1n) is 10.3. The summed E-state index contributed by atoms with van der Waals surface area (Å²) in [6, 6.07) is 11.4. The second-order valence-electron chi connectivity index (χ2n) is 7.98. The Balaban J connectivity index is 1.32. The zero-order valence-electron chi connectivity index (χ0n) is 16.6. The van der Waals surface area contributed by atoms with Crippen molar-refractivity contribution in [2.24, 2.45) is 0 Å². The van der Waals surface area contributed by atoms with E-state index in [1.165, 1.54) is 5.56 Å². The van der Waals surface area contributed by atoms with Crippen LogP contribution in [0.2, 0.25) is 5.02 Å². The number of hydrogen-bond acceptors (Lipinski definition) is 3. The first kappa shape index (κ1) is 19.6. The minimum atomic E-state index is -0.940. The molecule has 5 rings (SSSR count). The summed E-state index contributed by atoms with van der Waals surface area (Å²) in [6.45, 7) is 0. The average Bonchev–Trinajstić information content (AvgIpc) is 3.07. The van der Waals surface area contributed by atoms with Gasteiger partial charge in [0.25, 0.3) is 5.91 Å². The van der Waals surface area contributed by atoms with E-state index in [9.17, 15) is 14.4 Å². The lowest BCUT2D eigenvalue weighted by Gasteiger charge is -2.24. The number of para-hydroxylation sites is 1. The van der Waals surface area contributed by atoms with Gasteiger partial charge in [0.1, 0.15) is 6.04 Å². The van der Waals surface area contributed by atoms with E-state index in [0.29, 0.717) is 16.3 Å².